The van der Waals surface area contributed by atoms with Gasteiger partial charge < -0.3 is 5.32 Å². The Morgan fingerprint density at radius 3 is 2.92 bits per heavy atom. The molecule has 3 N–H and O–H groups in total. The van der Waals surface area contributed by atoms with Crippen molar-refractivity contribution in [2.24, 2.45) is 0 Å². The van der Waals surface area contributed by atoms with Crippen LogP contribution in [-0.2, 0) is 0 Å². The van der Waals surface area contributed by atoms with Crippen molar-refractivity contribution in [2.75, 3.05) is 18.4 Å². The van der Waals surface area contributed by atoms with Gasteiger partial charge in [-0.2, -0.15) is 5.10 Å². The van der Waals surface area contributed by atoms with Crippen molar-refractivity contribution < 1.29 is 0 Å². The van der Waals surface area contributed by atoms with Crippen LogP contribution in [0.3, 0.4) is 0 Å². The van der Waals surface area contributed by atoms with Gasteiger partial charge in [0.15, 0.2) is 0 Å². The smallest absolute Gasteiger partial charge is 0.148 e. The summed E-state index contributed by atoms with van der Waals surface area (Å²) in [6.45, 7) is 1.83. The number of nitrogens with zero attached hydrogens (tertiary/aromatic N) is 2. The lowest BCUT2D eigenvalue weighted by atomic mass is 10.3. The third-order valence-corrected chi connectivity index (χ3v) is 1.75. The molecule has 1 aliphatic heterocycles. The quantitative estimate of drug-likeness (QED) is 0.544. The molecule has 0 spiro atoms. The predicted octanol–water partition coefficient (Wildman–Crippen LogP) is -0.635. The summed E-state index contributed by atoms with van der Waals surface area (Å²) in [4.78, 5) is 0. The van der Waals surface area contributed by atoms with Gasteiger partial charge in [-0.3, -0.25) is 10.9 Å². The minimum Gasteiger partial charge on any atom is -0.363 e. The van der Waals surface area contributed by atoms with E-state index in [1.807, 2.05) is 12.1 Å². The van der Waals surface area contributed by atoms with Crippen molar-refractivity contribution in [1.82, 2.24) is 21.0 Å². The van der Waals surface area contributed by atoms with E-state index in [2.05, 4.69) is 26.4 Å². The Balaban J connectivity index is 1.94. The molecule has 1 saturated heterocycles. The highest BCUT2D eigenvalue weighted by Gasteiger charge is 2.13. The van der Waals surface area contributed by atoms with E-state index >= 15 is 0 Å². The molecule has 0 amide bonds. The molecule has 0 radical (unpaired) electrons. The molecule has 1 aromatic rings. The van der Waals surface area contributed by atoms with E-state index in [4.69, 9.17) is 0 Å². The number of anilines is 1. The lowest BCUT2D eigenvalue weighted by molar-refractivity contribution is 0.689. The second-order valence-corrected chi connectivity index (χ2v) is 2.71. The van der Waals surface area contributed by atoms with Crippen LogP contribution in [0, 0.1) is 0 Å². The van der Waals surface area contributed by atoms with E-state index < -0.39 is 0 Å². The Morgan fingerprint density at radius 2 is 2.25 bits per heavy atom. The largest absolute Gasteiger partial charge is 0.363 e. The Morgan fingerprint density at radius 1 is 1.42 bits per heavy atom. The third kappa shape index (κ3) is 1.69. The van der Waals surface area contributed by atoms with Gasteiger partial charge >= 0.3 is 0 Å². The van der Waals surface area contributed by atoms with Gasteiger partial charge in [-0.25, -0.2) is 0 Å². The summed E-state index contributed by atoms with van der Waals surface area (Å²) < 4.78 is 0. The lowest BCUT2D eigenvalue weighted by Crippen LogP contribution is -2.25. The SMILES string of the molecule is c1cnnc(NC2CNNC2)c1. The van der Waals surface area contributed by atoms with Crippen LogP contribution in [0.4, 0.5) is 5.82 Å². The fraction of sp³-hybridized carbons (Fsp3) is 0.429. The van der Waals surface area contributed by atoms with Crippen LogP contribution in [0.1, 0.15) is 0 Å². The molecule has 0 saturated carbocycles. The first-order chi connectivity index (χ1) is 5.95. The topological polar surface area (TPSA) is 61.9 Å². The maximum Gasteiger partial charge on any atom is 0.148 e. The fourth-order valence-electron chi connectivity index (χ4n) is 1.15. The van der Waals surface area contributed by atoms with Crippen molar-refractivity contribution in [2.45, 2.75) is 6.04 Å². The first-order valence-electron chi connectivity index (χ1n) is 3.95. The van der Waals surface area contributed by atoms with Gasteiger partial charge in [-0.1, -0.05) is 0 Å². The van der Waals surface area contributed by atoms with E-state index in [9.17, 15) is 0 Å². The van der Waals surface area contributed by atoms with Crippen molar-refractivity contribution in [3.8, 4) is 0 Å². The predicted molar refractivity (Wildman–Crippen MR) is 45.4 cm³/mol. The number of hydrogen-bond donors (Lipinski definition) is 3. The molecule has 0 aromatic carbocycles. The second-order valence-electron chi connectivity index (χ2n) is 2.71. The molecular weight excluding hydrogens is 154 g/mol. The van der Waals surface area contributed by atoms with Gasteiger partial charge in [0.1, 0.15) is 5.82 Å². The van der Waals surface area contributed by atoms with Crippen LogP contribution >= 0.6 is 0 Å². The molecule has 5 nitrogen and oxygen atoms in total. The molecule has 0 unspecified atom stereocenters. The molecule has 1 aliphatic rings. The molecule has 2 heterocycles. The van der Waals surface area contributed by atoms with Crippen molar-refractivity contribution >= 4 is 5.82 Å². The Hall–Kier alpha value is -1.20. The van der Waals surface area contributed by atoms with Gasteiger partial charge in [0, 0.05) is 19.3 Å². The summed E-state index contributed by atoms with van der Waals surface area (Å²) in [5.41, 5.74) is 6.06. The highest BCUT2D eigenvalue weighted by Crippen LogP contribution is 2.01. The van der Waals surface area contributed by atoms with E-state index in [1.165, 1.54) is 0 Å². The molecule has 64 valence electrons. The third-order valence-electron chi connectivity index (χ3n) is 1.75. The van der Waals surface area contributed by atoms with E-state index in [0.29, 0.717) is 6.04 Å². The molecule has 0 atom stereocenters. The van der Waals surface area contributed by atoms with Crippen molar-refractivity contribution in [1.29, 1.82) is 0 Å². The molecule has 1 fully saturated rings. The van der Waals surface area contributed by atoms with Gasteiger partial charge in [0.2, 0.25) is 0 Å². The average molecular weight is 165 g/mol. The van der Waals surface area contributed by atoms with E-state index in [1.54, 1.807) is 6.20 Å². The molecule has 1 aromatic heterocycles. The first kappa shape index (κ1) is 7.45. The fourth-order valence-corrected chi connectivity index (χ4v) is 1.15. The standard InChI is InChI=1S/C7H11N5/c1-2-7(12-8-3-1)11-6-4-9-10-5-6/h1-3,6,9-10H,4-5H2,(H,11,12). The van der Waals surface area contributed by atoms with Gasteiger partial charge in [-0.15, -0.1) is 5.10 Å². The first-order valence-corrected chi connectivity index (χ1v) is 3.95. The van der Waals surface area contributed by atoms with E-state index in [0.717, 1.165) is 18.9 Å². The number of rotatable bonds is 2. The van der Waals surface area contributed by atoms with Gasteiger partial charge in [0.05, 0.1) is 6.04 Å². The molecule has 2 rings (SSSR count). The molecule has 0 bridgehead atoms. The zero-order valence-electron chi connectivity index (χ0n) is 6.62. The monoisotopic (exact) mass is 165 g/mol. The minimum atomic E-state index is 0.404. The number of nitrogens with one attached hydrogen (secondary N) is 3. The summed E-state index contributed by atoms with van der Waals surface area (Å²) in [5, 5.41) is 10.9. The van der Waals surface area contributed by atoms with E-state index in [-0.39, 0.29) is 0 Å². The Labute approximate surface area is 70.5 Å². The summed E-state index contributed by atoms with van der Waals surface area (Å²) in [6, 6.07) is 4.18. The van der Waals surface area contributed by atoms with Crippen LogP contribution in [0.2, 0.25) is 0 Å². The second kappa shape index (κ2) is 3.46. The number of hydrogen-bond acceptors (Lipinski definition) is 5. The molecule has 0 aliphatic carbocycles. The zero-order valence-corrected chi connectivity index (χ0v) is 6.62. The molecule has 12 heavy (non-hydrogen) atoms. The average Bonchev–Trinajstić information content (AvgIpc) is 2.59. The van der Waals surface area contributed by atoms with Gasteiger partial charge in [-0.05, 0) is 12.1 Å². The summed E-state index contributed by atoms with van der Waals surface area (Å²) >= 11 is 0. The molecule has 5 heteroatoms. The Bertz CT molecular complexity index is 231. The summed E-state index contributed by atoms with van der Waals surface area (Å²) in [6.07, 6.45) is 1.66. The van der Waals surface area contributed by atoms with Crippen molar-refractivity contribution in [3.63, 3.8) is 0 Å². The number of hydrazine groups is 1. The Kier molecular flexibility index (Phi) is 2.15. The summed E-state index contributed by atoms with van der Waals surface area (Å²) in [5.74, 6) is 0.827. The van der Waals surface area contributed by atoms with Crippen LogP contribution in [0.5, 0.6) is 0 Å². The highest BCUT2D eigenvalue weighted by molar-refractivity contribution is 5.33. The normalized spacial score (nSPS) is 18.0. The maximum absolute atomic E-state index is 3.93. The van der Waals surface area contributed by atoms with Crippen LogP contribution in [0.25, 0.3) is 0 Å². The van der Waals surface area contributed by atoms with Crippen LogP contribution < -0.4 is 16.2 Å². The van der Waals surface area contributed by atoms with Crippen LogP contribution in [-0.4, -0.2) is 29.3 Å². The zero-order chi connectivity index (χ0) is 8.23. The van der Waals surface area contributed by atoms with Crippen LogP contribution in [0.15, 0.2) is 18.3 Å². The molecular formula is C7H11N5. The van der Waals surface area contributed by atoms with Crippen molar-refractivity contribution in [3.05, 3.63) is 18.3 Å². The lowest BCUT2D eigenvalue weighted by Gasteiger charge is -2.09. The summed E-state index contributed by atoms with van der Waals surface area (Å²) in [7, 11) is 0. The maximum atomic E-state index is 3.93. The highest BCUT2D eigenvalue weighted by atomic mass is 15.4. The number of aromatic nitrogens is 2. The minimum absolute atomic E-state index is 0.404. The van der Waals surface area contributed by atoms with Gasteiger partial charge in [0.25, 0.3) is 0 Å².